The molecule has 0 N–H and O–H groups in total. The summed E-state index contributed by atoms with van der Waals surface area (Å²) in [6.45, 7) is 5.02. The molecule has 2 unspecified atom stereocenters. The van der Waals surface area contributed by atoms with Crippen molar-refractivity contribution in [1.82, 2.24) is 9.80 Å². The third-order valence-electron chi connectivity index (χ3n) is 7.12. The molecular formula is C25H35FN3O3S2Tc. The van der Waals surface area contributed by atoms with Crippen LogP contribution in [-0.4, -0.2) is 77.8 Å². The number of carbonyl (C=O) groups excluding carboxylic acids is 1. The molecule has 0 saturated carbocycles. The first-order valence-corrected chi connectivity index (χ1v) is 13.3. The molecule has 2 fully saturated rings. The van der Waals surface area contributed by atoms with Gasteiger partial charge >= 0.3 is 20.1 Å². The van der Waals surface area contributed by atoms with E-state index in [9.17, 15) is 14.3 Å². The predicted octanol–water partition coefficient (Wildman–Crippen LogP) is 2.16. The number of halogens is 1. The van der Waals surface area contributed by atoms with E-state index >= 15 is 0 Å². The molecule has 1 aromatic rings. The number of carbonyl (C=O) groups is 1. The summed E-state index contributed by atoms with van der Waals surface area (Å²) in [5.74, 6) is 1.10. The molecule has 6 nitrogen and oxygen atoms in total. The van der Waals surface area contributed by atoms with Gasteiger partial charge in [0.1, 0.15) is 11.6 Å². The number of benzene rings is 1. The smallest absolute Gasteiger partial charge is 2.00 e. The fraction of sp³-hybridized carbons (Fsp3) is 0.680. The Morgan fingerprint density at radius 3 is 2.54 bits per heavy atom. The molecule has 2 heterocycles. The molecule has 35 heavy (non-hydrogen) atoms. The molecule has 3 rings (SSSR count). The number of piperidine rings is 1. The molecule has 4 atom stereocenters. The van der Waals surface area contributed by atoms with Crippen LogP contribution in [0.1, 0.15) is 50.5 Å². The largest absolute Gasteiger partial charge is 5.00 e. The normalized spacial score (nSPS) is 24.2. The minimum Gasteiger partial charge on any atom is -2.00 e. The molecule has 0 radical (unpaired) electrons. The quantitative estimate of drug-likeness (QED) is 0.194. The number of rotatable bonds is 13. The van der Waals surface area contributed by atoms with E-state index in [2.05, 4.69) is 14.8 Å². The molecule has 194 valence electrons. The molecule has 0 spiro atoms. The summed E-state index contributed by atoms with van der Waals surface area (Å²) < 4.78 is 13.5. The van der Waals surface area contributed by atoms with Crippen molar-refractivity contribution >= 4 is 36.9 Å². The Hall–Kier alpha value is -0.481. The third-order valence-corrected chi connectivity index (χ3v) is 7.48. The summed E-state index contributed by atoms with van der Waals surface area (Å²) in [5, 5.41) is 12.0. The van der Waals surface area contributed by atoms with Gasteiger partial charge < -0.3 is 45.7 Å². The number of ketones is 1. The standard InChI is InChI=1S/C25H38FN3O2S2.O.Tc/c1-2-23(30)25-21(18-4-6-19(26)7-5-18)16-20-8-9-22(25)29(20)12-3-11-28(13-15-33)17-24(31)27-10-14-32;;/h4-7,20-22,25,32-33H,2-3,8-17H2,1H3,(H,27,31);;/q;-2;+5/p-3/t20-,21?,22+,25?;;/m0../s1. The average Bonchev–Trinajstić information content (AvgIpc) is 3.08. The molecule has 10 heteroatoms. The van der Waals surface area contributed by atoms with E-state index in [0.29, 0.717) is 49.4 Å². The number of hydrogen-bond acceptors (Lipinski definition) is 7. The molecule has 2 aliphatic rings. The zero-order valence-electron chi connectivity index (χ0n) is 20.2. The first kappa shape index (κ1) is 32.5. The van der Waals surface area contributed by atoms with Crippen LogP contribution in [0.25, 0.3) is 0 Å². The summed E-state index contributed by atoms with van der Waals surface area (Å²) >= 11 is 10.0. The fourth-order valence-electron chi connectivity index (χ4n) is 5.68. The van der Waals surface area contributed by atoms with E-state index < -0.39 is 0 Å². The number of fused-ring (bicyclic) bond motifs is 2. The second kappa shape index (κ2) is 16.4. The summed E-state index contributed by atoms with van der Waals surface area (Å²) in [6, 6.07) is 7.40. The topological polar surface area (TPSA) is 87.5 Å². The summed E-state index contributed by atoms with van der Waals surface area (Å²) in [6.07, 6.45) is 4.52. The number of hydrogen-bond donors (Lipinski definition) is 0. The first-order chi connectivity index (χ1) is 16.0. The molecule has 1 aromatic carbocycles. The van der Waals surface area contributed by atoms with Crippen LogP contribution < -0.4 is 5.11 Å². The van der Waals surface area contributed by atoms with Crippen LogP contribution in [0.4, 0.5) is 4.39 Å². The first-order valence-electron chi connectivity index (χ1n) is 12.1. The van der Waals surface area contributed by atoms with Crippen molar-refractivity contribution in [2.45, 2.75) is 57.0 Å². The molecular weight excluding hydrogens is 571 g/mol. The number of nitrogens with zero attached hydrogens (tertiary/aromatic N) is 3. The second-order valence-electron chi connectivity index (χ2n) is 9.09. The molecule has 0 aromatic heterocycles. The van der Waals surface area contributed by atoms with Gasteiger partial charge in [-0.1, -0.05) is 19.1 Å². The van der Waals surface area contributed by atoms with E-state index in [-0.39, 0.29) is 55.2 Å². The van der Waals surface area contributed by atoms with Gasteiger partial charge in [0, 0.05) is 37.5 Å². The van der Waals surface area contributed by atoms with Crippen molar-refractivity contribution in [2.75, 3.05) is 44.2 Å². The maximum atomic E-state index is 13.5. The van der Waals surface area contributed by atoms with E-state index in [1.807, 2.05) is 19.1 Å². The molecule has 2 bridgehead atoms. The summed E-state index contributed by atoms with van der Waals surface area (Å²) in [4.78, 5) is 21.7. The van der Waals surface area contributed by atoms with Gasteiger partial charge in [-0.2, -0.15) is 11.5 Å². The Morgan fingerprint density at radius 1 is 1.20 bits per heavy atom. The van der Waals surface area contributed by atoms with Crippen LogP contribution in [0.3, 0.4) is 0 Å². The zero-order chi connectivity index (χ0) is 23.8. The van der Waals surface area contributed by atoms with Gasteiger partial charge in [-0.15, -0.1) is 0 Å². The minimum absolute atomic E-state index is 0. The Kier molecular flexibility index (Phi) is 15.2. The van der Waals surface area contributed by atoms with Crippen molar-refractivity contribution in [3.63, 3.8) is 0 Å². The van der Waals surface area contributed by atoms with Crippen LogP contribution in [0.15, 0.2) is 29.3 Å². The Labute approximate surface area is 233 Å². The van der Waals surface area contributed by atoms with Crippen molar-refractivity contribution in [2.24, 2.45) is 10.9 Å². The van der Waals surface area contributed by atoms with E-state index in [4.69, 9.17) is 25.3 Å². The van der Waals surface area contributed by atoms with Crippen molar-refractivity contribution in [1.29, 1.82) is 0 Å². The van der Waals surface area contributed by atoms with Crippen LogP contribution in [0.2, 0.25) is 0 Å². The zero-order valence-corrected chi connectivity index (χ0v) is 23.7. The van der Waals surface area contributed by atoms with E-state index in [1.165, 1.54) is 12.1 Å². The SMILES string of the molecule is CCC(=O)C1C(c2ccc(F)cc2)C[C@@H]2CC[C@H]1N2CCCN(CC[S-])CC([O-])=NCC[S-].[O-2].[Tc+5]. The van der Waals surface area contributed by atoms with E-state index in [1.54, 1.807) is 0 Å². The number of Topliss-reactive ketones (excluding diaryl/α,β-unsaturated/α-hetero) is 1. The van der Waals surface area contributed by atoms with Crippen LogP contribution in [0, 0.1) is 11.7 Å². The Bertz CT molecular complexity index is 803. The van der Waals surface area contributed by atoms with Gasteiger partial charge in [-0.05, 0) is 74.8 Å². The van der Waals surface area contributed by atoms with Gasteiger partial charge in [0.25, 0.3) is 0 Å². The fourth-order valence-corrected chi connectivity index (χ4v) is 6.03. The van der Waals surface area contributed by atoms with Crippen molar-refractivity contribution in [3.8, 4) is 0 Å². The minimum atomic E-state index is -0.239. The third kappa shape index (κ3) is 8.80. The van der Waals surface area contributed by atoms with Gasteiger partial charge in [0.05, 0.1) is 0 Å². The monoisotopic (exact) mass is 605 g/mol. The second-order valence-corrected chi connectivity index (χ2v) is 9.91. The predicted molar refractivity (Wildman–Crippen MR) is 135 cm³/mol. The average molecular weight is 607 g/mol. The van der Waals surface area contributed by atoms with Crippen LogP contribution in [-0.2, 0) is 55.6 Å². The Morgan fingerprint density at radius 2 is 1.91 bits per heavy atom. The van der Waals surface area contributed by atoms with Gasteiger partial charge in [-0.25, -0.2) is 4.39 Å². The van der Waals surface area contributed by atoms with Gasteiger partial charge in [0.2, 0.25) is 0 Å². The summed E-state index contributed by atoms with van der Waals surface area (Å²) in [5.41, 5.74) is 1.08. The Balaban J connectivity index is 0.00000306. The molecule has 2 saturated heterocycles. The maximum absolute atomic E-state index is 13.5. The van der Waals surface area contributed by atoms with Crippen LogP contribution >= 0.6 is 0 Å². The summed E-state index contributed by atoms with van der Waals surface area (Å²) in [7, 11) is 0. The van der Waals surface area contributed by atoms with Crippen molar-refractivity contribution in [3.05, 3.63) is 35.6 Å². The van der Waals surface area contributed by atoms with E-state index in [0.717, 1.165) is 44.3 Å². The van der Waals surface area contributed by atoms with Gasteiger partial charge in [-0.3, -0.25) is 9.69 Å². The number of aliphatic imine (C=N–C) groups is 1. The molecule has 0 amide bonds. The molecule has 2 aliphatic heterocycles. The van der Waals surface area contributed by atoms with Crippen LogP contribution in [0.5, 0.6) is 0 Å². The maximum Gasteiger partial charge on any atom is 5.00 e. The molecule has 0 aliphatic carbocycles. The van der Waals surface area contributed by atoms with Gasteiger partial charge in [0.15, 0.2) is 0 Å². The van der Waals surface area contributed by atoms with Crippen molar-refractivity contribution < 1.29 is 39.9 Å².